The molecule has 0 amide bonds. The van der Waals surface area contributed by atoms with Crippen molar-refractivity contribution < 1.29 is 0 Å². The topological polar surface area (TPSA) is 77.6 Å². The highest BCUT2D eigenvalue weighted by Gasteiger charge is 2.03. The summed E-state index contributed by atoms with van der Waals surface area (Å²) < 4.78 is 0. The molecule has 5 nitrogen and oxygen atoms in total. The number of nitrogens with two attached hydrogens (primary N) is 1. The van der Waals surface area contributed by atoms with Gasteiger partial charge in [-0.3, -0.25) is 0 Å². The van der Waals surface area contributed by atoms with Crippen LogP contribution in [-0.2, 0) is 6.42 Å². The van der Waals surface area contributed by atoms with Crippen LogP contribution in [0.15, 0.2) is 11.7 Å². The number of rotatable bonds is 2. The van der Waals surface area contributed by atoms with Crippen LogP contribution in [0.3, 0.4) is 0 Å². The van der Waals surface area contributed by atoms with Crippen molar-refractivity contribution in [3.8, 4) is 0 Å². The van der Waals surface area contributed by atoms with E-state index < -0.39 is 0 Å². The molecule has 2 aromatic rings. The fraction of sp³-hybridized carbons (Fsp3) is 0.250. The lowest BCUT2D eigenvalue weighted by Gasteiger charge is -1.96. The Hall–Kier alpha value is -1.56. The van der Waals surface area contributed by atoms with Gasteiger partial charge in [-0.25, -0.2) is 15.0 Å². The quantitative estimate of drug-likeness (QED) is 0.788. The number of nitrogens with zero attached hydrogens (tertiary/aromatic N) is 4. The Morgan fingerprint density at radius 3 is 2.86 bits per heavy atom. The first-order chi connectivity index (χ1) is 6.74. The van der Waals surface area contributed by atoms with Gasteiger partial charge in [0.1, 0.15) is 12.2 Å². The highest BCUT2D eigenvalue weighted by atomic mass is 32.1. The molecule has 0 bridgehead atoms. The summed E-state index contributed by atoms with van der Waals surface area (Å²) in [5.74, 6) is 0.907. The third-order valence-corrected chi connectivity index (χ3v) is 2.47. The van der Waals surface area contributed by atoms with Crippen LogP contribution in [0.5, 0.6) is 0 Å². The lowest BCUT2D eigenvalue weighted by atomic mass is 10.3. The molecule has 2 heterocycles. The van der Waals surface area contributed by atoms with Crippen LogP contribution in [-0.4, -0.2) is 19.9 Å². The molecular weight excluding hydrogens is 198 g/mol. The molecule has 2 aromatic heterocycles. The van der Waals surface area contributed by atoms with Crippen LogP contribution in [0.25, 0.3) is 0 Å². The number of thiazole rings is 1. The van der Waals surface area contributed by atoms with Crippen molar-refractivity contribution in [1.29, 1.82) is 0 Å². The predicted molar refractivity (Wildman–Crippen MR) is 53.9 cm³/mol. The minimum Gasteiger partial charge on any atom is -0.368 e. The van der Waals surface area contributed by atoms with Crippen LogP contribution in [0.4, 0.5) is 5.95 Å². The summed E-state index contributed by atoms with van der Waals surface area (Å²) in [7, 11) is 0. The summed E-state index contributed by atoms with van der Waals surface area (Å²) in [6.07, 6.45) is 2.02. The number of aryl methyl sites for hydroxylation is 1. The first-order valence-electron chi connectivity index (χ1n) is 4.08. The summed E-state index contributed by atoms with van der Waals surface area (Å²) in [4.78, 5) is 16.0. The SMILES string of the molecule is Cc1nc(Cc2ncnc(N)n2)cs1. The Balaban J connectivity index is 2.18. The van der Waals surface area contributed by atoms with Crippen molar-refractivity contribution in [3.63, 3.8) is 0 Å². The van der Waals surface area contributed by atoms with Gasteiger partial charge >= 0.3 is 0 Å². The number of hydrogen-bond acceptors (Lipinski definition) is 6. The molecule has 0 unspecified atom stereocenters. The fourth-order valence-electron chi connectivity index (χ4n) is 1.08. The average Bonchev–Trinajstić information content (AvgIpc) is 2.51. The Morgan fingerprint density at radius 2 is 2.21 bits per heavy atom. The summed E-state index contributed by atoms with van der Waals surface area (Å²) in [5.41, 5.74) is 6.41. The van der Waals surface area contributed by atoms with Gasteiger partial charge in [0.25, 0.3) is 0 Å². The summed E-state index contributed by atoms with van der Waals surface area (Å²) in [6.45, 7) is 1.97. The van der Waals surface area contributed by atoms with Gasteiger partial charge in [0.05, 0.1) is 17.1 Å². The Bertz CT molecular complexity index is 439. The van der Waals surface area contributed by atoms with E-state index in [0.717, 1.165) is 10.7 Å². The molecule has 0 atom stereocenters. The van der Waals surface area contributed by atoms with Crippen LogP contribution < -0.4 is 5.73 Å². The van der Waals surface area contributed by atoms with Gasteiger partial charge < -0.3 is 5.73 Å². The summed E-state index contributed by atoms with van der Waals surface area (Å²) >= 11 is 1.61. The molecule has 0 spiro atoms. The van der Waals surface area contributed by atoms with Crippen molar-refractivity contribution in [1.82, 2.24) is 19.9 Å². The van der Waals surface area contributed by atoms with Crippen molar-refractivity contribution >= 4 is 17.3 Å². The molecule has 0 aromatic carbocycles. The van der Waals surface area contributed by atoms with Crippen molar-refractivity contribution in [2.75, 3.05) is 5.73 Å². The van der Waals surface area contributed by atoms with Gasteiger partial charge in [0.15, 0.2) is 0 Å². The lowest BCUT2D eigenvalue weighted by molar-refractivity contribution is 0.910. The third-order valence-electron chi connectivity index (χ3n) is 1.65. The zero-order valence-electron chi connectivity index (χ0n) is 7.64. The molecule has 2 rings (SSSR count). The largest absolute Gasteiger partial charge is 0.368 e. The van der Waals surface area contributed by atoms with E-state index in [4.69, 9.17) is 5.73 Å². The zero-order chi connectivity index (χ0) is 9.97. The van der Waals surface area contributed by atoms with E-state index in [9.17, 15) is 0 Å². The number of nitrogen functional groups attached to an aromatic ring is 1. The number of hydrogen-bond donors (Lipinski definition) is 1. The van der Waals surface area contributed by atoms with E-state index in [2.05, 4.69) is 19.9 Å². The monoisotopic (exact) mass is 207 g/mol. The molecule has 0 aliphatic rings. The van der Waals surface area contributed by atoms with Gasteiger partial charge in [0.2, 0.25) is 5.95 Å². The highest BCUT2D eigenvalue weighted by molar-refractivity contribution is 7.09. The second-order valence-electron chi connectivity index (χ2n) is 2.79. The van der Waals surface area contributed by atoms with E-state index in [-0.39, 0.29) is 5.95 Å². The van der Waals surface area contributed by atoms with Crippen molar-refractivity contribution in [2.45, 2.75) is 13.3 Å². The van der Waals surface area contributed by atoms with Crippen LogP contribution in [0.2, 0.25) is 0 Å². The van der Waals surface area contributed by atoms with Crippen LogP contribution in [0.1, 0.15) is 16.5 Å². The Labute approximate surface area is 85.1 Å². The van der Waals surface area contributed by atoms with E-state index in [1.165, 1.54) is 6.33 Å². The molecule has 6 heteroatoms. The van der Waals surface area contributed by atoms with E-state index >= 15 is 0 Å². The number of anilines is 1. The average molecular weight is 207 g/mol. The van der Waals surface area contributed by atoms with Crippen LogP contribution >= 0.6 is 11.3 Å². The maximum atomic E-state index is 5.44. The maximum Gasteiger partial charge on any atom is 0.223 e. The normalized spacial score (nSPS) is 10.4. The Kier molecular flexibility index (Phi) is 2.36. The first kappa shape index (κ1) is 9.01. The molecule has 0 saturated heterocycles. The minimum atomic E-state index is 0.252. The van der Waals surface area contributed by atoms with Gasteiger partial charge in [-0.15, -0.1) is 11.3 Å². The molecule has 2 N–H and O–H groups in total. The molecule has 0 radical (unpaired) electrons. The molecule has 0 aliphatic heterocycles. The van der Waals surface area contributed by atoms with Crippen LogP contribution in [0, 0.1) is 6.92 Å². The van der Waals surface area contributed by atoms with E-state index in [1.54, 1.807) is 11.3 Å². The standard InChI is InChI=1S/C8H9N5S/c1-5-12-6(3-14-5)2-7-10-4-11-8(9)13-7/h3-4H,2H2,1H3,(H2,9,10,11,13). The predicted octanol–water partition coefficient (Wildman–Crippen LogP) is 0.810. The van der Waals surface area contributed by atoms with Crippen molar-refractivity contribution in [2.24, 2.45) is 0 Å². The zero-order valence-corrected chi connectivity index (χ0v) is 8.45. The lowest BCUT2D eigenvalue weighted by Crippen LogP contribution is -2.02. The molecule has 0 saturated carbocycles. The third kappa shape index (κ3) is 2.02. The first-order valence-corrected chi connectivity index (χ1v) is 4.96. The molecule has 14 heavy (non-hydrogen) atoms. The summed E-state index contributed by atoms with van der Waals surface area (Å²) in [6, 6.07) is 0. The summed E-state index contributed by atoms with van der Waals surface area (Å²) in [5, 5.41) is 3.04. The van der Waals surface area contributed by atoms with Gasteiger partial charge in [-0.1, -0.05) is 0 Å². The molecule has 0 fully saturated rings. The van der Waals surface area contributed by atoms with Crippen molar-refractivity contribution in [3.05, 3.63) is 28.2 Å². The molecular formula is C8H9N5S. The van der Waals surface area contributed by atoms with E-state index in [1.807, 2.05) is 12.3 Å². The number of aromatic nitrogens is 4. The highest BCUT2D eigenvalue weighted by Crippen LogP contribution is 2.10. The maximum absolute atomic E-state index is 5.44. The van der Waals surface area contributed by atoms with Gasteiger partial charge in [-0.05, 0) is 6.92 Å². The van der Waals surface area contributed by atoms with Gasteiger partial charge in [-0.2, -0.15) is 4.98 Å². The minimum absolute atomic E-state index is 0.252. The second-order valence-corrected chi connectivity index (χ2v) is 3.86. The van der Waals surface area contributed by atoms with E-state index in [0.29, 0.717) is 12.2 Å². The van der Waals surface area contributed by atoms with Gasteiger partial charge in [0, 0.05) is 5.38 Å². The molecule has 72 valence electrons. The molecule has 0 aliphatic carbocycles. The fourth-order valence-corrected chi connectivity index (χ4v) is 1.69. The smallest absolute Gasteiger partial charge is 0.223 e. The Morgan fingerprint density at radius 1 is 1.36 bits per heavy atom. The second kappa shape index (κ2) is 3.67.